The Balaban J connectivity index is 1.50. The minimum Gasteiger partial charge on any atom is -0.355 e. The van der Waals surface area contributed by atoms with E-state index in [0.717, 1.165) is 53.5 Å². The maximum absolute atomic E-state index is 13.3. The van der Waals surface area contributed by atoms with Gasteiger partial charge in [-0.15, -0.1) is 0 Å². The Labute approximate surface area is 162 Å². The molecule has 2 fully saturated rings. The highest BCUT2D eigenvalue weighted by Gasteiger charge is 2.43. The van der Waals surface area contributed by atoms with E-state index in [-0.39, 0.29) is 5.91 Å². The molecule has 3 aromatic rings. The molecule has 5 heteroatoms. The van der Waals surface area contributed by atoms with E-state index in [1.54, 1.807) is 0 Å². The summed E-state index contributed by atoms with van der Waals surface area (Å²) in [6, 6.07) is 16.5. The highest BCUT2D eigenvalue weighted by atomic mass is 32.2. The van der Waals surface area contributed by atoms with Crippen LogP contribution in [0.1, 0.15) is 36.0 Å². The van der Waals surface area contributed by atoms with Gasteiger partial charge in [0.25, 0.3) is 5.91 Å². The maximum Gasteiger partial charge on any atom is 0.254 e. The zero-order valence-corrected chi connectivity index (χ0v) is 16.1. The minimum atomic E-state index is 0.157. The number of rotatable bonds is 3. The number of nitrogens with zero attached hydrogens (tertiary/aromatic N) is 2. The monoisotopic (exact) mass is 378 g/mol. The normalized spacial score (nSPS) is 24.5. The standard InChI is InChI=1S/C22H22N2O2S/c1-27-18-12-16-8-9-17(13-18)24(16)22(25)15-7-10-20-19(11-15)21(26-23-20)14-5-3-2-4-6-14/h2-7,10-11,16-18H,8-9,12-13H2,1H3/t16-,17+,18?. The first-order valence-corrected chi connectivity index (χ1v) is 10.8. The first-order chi connectivity index (χ1) is 13.2. The van der Waals surface area contributed by atoms with Crippen molar-refractivity contribution in [1.82, 2.24) is 10.1 Å². The van der Waals surface area contributed by atoms with E-state index in [4.69, 9.17) is 4.52 Å². The molecule has 2 aliphatic rings. The van der Waals surface area contributed by atoms with Crippen LogP contribution in [-0.2, 0) is 0 Å². The molecule has 3 atom stereocenters. The molecule has 0 radical (unpaired) electrons. The summed E-state index contributed by atoms with van der Waals surface area (Å²) in [5.74, 6) is 0.883. The lowest BCUT2D eigenvalue weighted by molar-refractivity contribution is 0.0602. The van der Waals surface area contributed by atoms with Gasteiger partial charge in [0.05, 0.1) is 5.39 Å². The number of fused-ring (bicyclic) bond motifs is 3. The molecule has 2 aliphatic heterocycles. The van der Waals surface area contributed by atoms with E-state index in [1.807, 2.05) is 60.3 Å². The van der Waals surface area contributed by atoms with Crippen LogP contribution in [0.4, 0.5) is 0 Å². The van der Waals surface area contributed by atoms with Crippen molar-refractivity contribution in [3.8, 4) is 11.3 Å². The van der Waals surface area contributed by atoms with Crippen molar-refractivity contribution < 1.29 is 9.32 Å². The van der Waals surface area contributed by atoms with Gasteiger partial charge in [0, 0.05) is 28.5 Å². The van der Waals surface area contributed by atoms with Gasteiger partial charge >= 0.3 is 0 Å². The van der Waals surface area contributed by atoms with Gasteiger partial charge in [-0.1, -0.05) is 35.5 Å². The predicted molar refractivity (Wildman–Crippen MR) is 109 cm³/mol. The van der Waals surface area contributed by atoms with Crippen molar-refractivity contribution in [2.75, 3.05) is 6.26 Å². The number of piperidine rings is 1. The SMILES string of the molecule is CSC1C[C@H]2CC[C@@H](C1)N2C(=O)c1ccc2noc(-c3ccccc3)c2c1. The van der Waals surface area contributed by atoms with Crippen molar-refractivity contribution in [3.05, 3.63) is 54.1 Å². The number of carbonyl (C=O) groups is 1. The highest BCUT2D eigenvalue weighted by molar-refractivity contribution is 7.99. The molecule has 0 aliphatic carbocycles. The van der Waals surface area contributed by atoms with Crippen LogP contribution >= 0.6 is 11.8 Å². The maximum atomic E-state index is 13.3. The summed E-state index contributed by atoms with van der Waals surface area (Å²) in [6.45, 7) is 0. The Bertz CT molecular complexity index is 970. The van der Waals surface area contributed by atoms with E-state index in [2.05, 4.69) is 16.3 Å². The largest absolute Gasteiger partial charge is 0.355 e. The number of amides is 1. The van der Waals surface area contributed by atoms with Crippen LogP contribution < -0.4 is 0 Å². The first kappa shape index (κ1) is 16.9. The number of thioether (sulfide) groups is 1. The van der Waals surface area contributed by atoms with Gasteiger partial charge in [-0.2, -0.15) is 11.8 Å². The van der Waals surface area contributed by atoms with Gasteiger partial charge in [0.15, 0.2) is 5.76 Å². The fraction of sp³-hybridized carbons (Fsp3) is 0.364. The molecular formula is C22H22N2O2S. The van der Waals surface area contributed by atoms with Gasteiger partial charge < -0.3 is 9.42 Å². The lowest BCUT2D eigenvalue weighted by Gasteiger charge is -2.38. The number of carbonyl (C=O) groups excluding carboxylic acids is 1. The molecule has 138 valence electrons. The van der Waals surface area contributed by atoms with Crippen LogP contribution in [-0.4, -0.2) is 39.6 Å². The summed E-state index contributed by atoms with van der Waals surface area (Å²) in [7, 11) is 0. The van der Waals surface area contributed by atoms with Crippen LogP contribution in [0.3, 0.4) is 0 Å². The number of aromatic nitrogens is 1. The molecule has 5 rings (SSSR count). The lowest BCUT2D eigenvalue weighted by Crippen LogP contribution is -2.47. The van der Waals surface area contributed by atoms with Crippen molar-refractivity contribution >= 4 is 28.6 Å². The Morgan fingerprint density at radius 2 is 1.85 bits per heavy atom. The number of hydrogen-bond donors (Lipinski definition) is 0. The second-order valence-electron chi connectivity index (χ2n) is 7.54. The third-order valence-corrected chi connectivity index (χ3v) is 7.07. The topological polar surface area (TPSA) is 46.3 Å². The molecule has 3 heterocycles. The fourth-order valence-corrected chi connectivity index (χ4v) is 5.50. The lowest BCUT2D eigenvalue weighted by atomic mass is 10.00. The first-order valence-electron chi connectivity index (χ1n) is 9.55. The highest BCUT2D eigenvalue weighted by Crippen LogP contribution is 2.40. The molecular weight excluding hydrogens is 356 g/mol. The summed E-state index contributed by atoms with van der Waals surface area (Å²) in [5, 5.41) is 5.76. The predicted octanol–water partition coefficient (Wildman–Crippen LogP) is 4.99. The average molecular weight is 378 g/mol. The third-order valence-electron chi connectivity index (χ3n) is 6.02. The molecule has 1 amide bonds. The van der Waals surface area contributed by atoms with Crippen molar-refractivity contribution in [2.45, 2.75) is 43.0 Å². The Kier molecular flexibility index (Phi) is 4.20. The van der Waals surface area contributed by atoms with E-state index >= 15 is 0 Å². The number of benzene rings is 2. The van der Waals surface area contributed by atoms with E-state index in [0.29, 0.717) is 17.3 Å². The molecule has 4 nitrogen and oxygen atoms in total. The summed E-state index contributed by atoms with van der Waals surface area (Å²) in [5.41, 5.74) is 2.50. The van der Waals surface area contributed by atoms with Crippen molar-refractivity contribution in [2.24, 2.45) is 0 Å². The fourth-order valence-electron chi connectivity index (χ4n) is 4.67. The molecule has 2 bridgehead atoms. The summed E-state index contributed by atoms with van der Waals surface area (Å²) >= 11 is 1.95. The zero-order valence-electron chi connectivity index (χ0n) is 15.3. The quantitative estimate of drug-likeness (QED) is 0.644. The molecule has 1 aromatic heterocycles. The second-order valence-corrected chi connectivity index (χ2v) is 8.67. The van der Waals surface area contributed by atoms with Crippen LogP contribution in [0.25, 0.3) is 22.2 Å². The summed E-state index contributed by atoms with van der Waals surface area (Å²) in [4.78, 5) is 15.5. The molecule has 0 spiro atoms. The molecule has 1 unspecified atom stereocenters. The molecule has 0 N–H and O–H groups in total. The number of hydrogen-bond acceptors (Lipinski definition) is 4. The molecule has 0 saturated carbocycles. The van der Waals surface area contributed by atoms with Gasteiger partial charge in [0.1, 0.15) is 5.52 Å². The van der Waals surface area contributed by atoms with Gasteiger partial charge in [0.2, 0.25) is 0 Å². The molecule has 2 saturated heterocycles. The molecule has 27 heavy (non-hydrogen) atoms. The van der Waals surface area contributed by atoms with Crippen LogP contribution in [0.5, 0.6) is 0 Å². The minimum absolute atomic E-state index is 0.157. The van der Waals surface area contributed by atoms with Gasteiger partial charge in [-0.05, 0) is 50.1 Å². The van der Waals surface area contributed by atoms with E-state index in [9.17, 15) is 4.79 Å². The van der Waals surface area contributed by atoms with Crippen molar-refractivity contribution in [3.63, 3.8) is 0 Å². The van der Waals surface area contributed by atoms with Crippen LogP contribution in [0, 0.1) is 0 Å². The second kappa shape index (κ2) is 6.71. The van der Waals surface area contributed by atoms with Gasteiger partial charge in [-0.25, -0.2) is 0 Å². The Morgan fingerprint density at radius 1 is 1.11 bits per heavy atom. The smallest absolute Gasteiger partial charge is 0.254 e. The van der Waals surface area contributed by atoms with Gasteiger partial charge in [-0.3, -0.25) is 4.79 Å². The zero-order chi connectivity index (χ0) is 18.4. The summed E-state index contributed by atoms with van der Waals surface area (Å²) in [6.07, 6.45) is 6.70. The average Bonchev–Trinajstić information content (AvgIpc) is 3.25. The Hall–Kier alpha value is -2.27. The van der Waals surface area contributed by atoms with Crippen LogP contribution in [0.15, 0.2) is 53.1 Å². The van der Waals surface area contributed by atoms with E-state index in [1.165, 1.54) is 0 Å². The Morgan fingerprint density at radius 3 is 2.56 bits per heavy atom. The van der Waals surface area contributed by atoms with E-state index < -0.39 is 0 Å². The summed E-state index contributed by atoms with van der Waals surface area (Å²) < 4.78 is 5.59. The van der Waals surface area contributed by atoms with Crippen LogP contribution in [0.2, 0.25) is 0 Å². The van der Waals surface area contributed by atoms with Crippen molar-refractivity contribution in [1.29, 1.82) is 0 Å². The third kappa shape index (κ3) is 2.85. The molecule has 2 aromatic carbocycles.